The van der Waals surface area contributed by atoms with Gasteiger partial charge in [-0.1, -0.05) is 48.0 Å². The van der Waals surface area contributed by atoms with E-state index in [9.17, 15) is 0 Å². The van der Waals surface area contributed by atoms with Crippen molar-refractivity contribution in [2.75, 3.05) is 6.54 Å². The summed E-state index contributed by atoms with van der Waals surface area (Å²) >= 11 is 0. The lowest BCUT2D eigenvalue weighted by molar-refractivity contribution is 0.295. The molecule has 1 N–H and O–H groups in total. The molecule has 0 radical (unpaired) electrons. The van der Waals surface area contributed by atoms with Gasteiger partial charge in [-0.25, -0.2) is 0 Å². The predicted molar refractivity (Wildman–Crippen MR) is 65.5 cm³/mol. The van der Waals surface area contributed by atoms with Crippen LogP contribution in [-0.4, -0.2) is 12.6 Å². The molecule has 0 aliphatic heterocycles. The molecule has 0 aliphatic carbocycles. The van der Waals surface area contributed by atoms with E-state index < -0.39 is 0 Å². The summed E-state index contributed by atoms with van der Waals surface area (Å²) in [5, 5.41) is 3.52. The first kappa shape index (κ1) is 14.0. The number of rotatable bonds is 7. The molecular weight excluding hydrogens is 170 g/mol. The first-order valence-corrected chi connectivity index (χ1v) is 6.20. The molecule has 1 heteroatoms. The van der Waals surface area contributed by atoms with E-state index in [4.69, 9.17) is 0 Å². The zero-order chi connectivity index (χ0) is 11.1. The lowest BCUT2D eigenvalue weighted by Crippen LogP contribution is -2.30. The molecule has 0 fully saturated rings. The summed E-state index contributed by atoms with van der Waals surface area (Å²) in [5.74, 6) is 2.52. The zero-order valence-corrected chi connectivity index (χ0v) is 10.9. The summed E-state index contributed by atoms with van der Waals surface area (Å²) in [6.45, 7) is 15.0. The van der Waals surface area contributed by atoms with E-state index in [1.165, 1.54) is 12.8 Å². The monoisotopic (exact) mass is 199 g/mol. The Morgan fingerprint density at radius 2 is 1.50 bits per heavy atom. The van der Waals surface area contributed by atoms with Gasteiger partial charge in [0.1, 0.15) is 0 Å². The number of nitrogens with one attached hydrogen (secondary N) is 1. The van der Waals surface area contributed by atoms with Crippen molar-refractivity contribution in [2.24, 2.45) is 17.8 Å². The van der Waals surface area contributed by atoms with Gasteiger partial charge in [0, 0.05) is 6.04 Å². The number of hydrogen-bond acceptors (Lipinski definition) is 1. The Labute approximate surface area is 90.7 Å². The Balaban J connectivity index is 3.69. The third-order valence-corrected chi connectivity index (χ3v) is 3.29. The van der Waals surface area contributed by atoms with Gasteiger partial charge < -0.3 is 5.32 Å². The molecule has 0 bridgehead atoms. The van der Waals surface area contributed by atoms with E-state index >= 15 is 0 Å². The van der Waals surface area contributed by atoms with Crippen LogP contribution in [0.4, 0.5) is 0 Å². The first-order chi connectivity index (χ1) is 6.47. The third kappa shape index (κ3) is 6.42. The molecule has 0 aromatic carbocycles. The first-order valence-electron chi connectivity index (χ1n) is 6.20. The topological polar surface area (TPSA) is 12.0 Å². The highest BCUT2D eigenvalue weighted by molar-refractivity contribution is 4.68. The molecule has 0 aliphatic rings. The lowest BCUT2D eigenvalue weighted by atomic mass is 9.86. The molecule has 0 spiro atoms. The molecule has 0 heterocycles. The maximum absolute atomic E-state index is 3.52. The van der Waals surface area contributed by atoms with Gasteiger partial charge in [0.2, 0.25) is 0 Å². The van der Waals surface area contributed by atoms with Crippen molar-refractivity contribution in [1.29, 1.82) is 0 Å². The Bertz CT molecular complexity index is 131. The summed E-state index contributed by atoms with van der Waals surface area (Å²) in [6.07, 6.45) is 2.69. The van der Waals surface area contributed by atoms with E-state index in [1.54, 1.807) is 0 Å². The molecule has 0 aromatic heterocycles. The van der Waals surface area contributed by atoms with Crippen molar-refractivity contribution in [3.05, 3.63) is 0 Å². The molecular formula is C13H29N. The van der Waals surface area contributed by atoms with Crippen LogP contribution >= 0.6 is 0 Å². The summed E-state index contributed by atoms with van der Waals surface area (Å²) in [6, 6.07) is 0.619. The van der Waals surface area contributed by atoms with Gasteiger partial charge in [0.15, 0.2) is 0 Å². The van der Waals surface area contributed by atoms with Crippen molar-refractivity contribution >= 4 is 0 Å². The average molecular weight is 199 g/mol. The highest BCUT2D eigenvalue weighted by Crippen LogP contribution is 2.21. The smallest absolute Gasteiger partial charge is 0.00104 e. The average Bonchev–Trinajstić information content (AvgIpc) is 2.13. The minimum Gasteiger partial charge on any atom is -0.314 e. The predicted octanol–water partition coefficient (Wildman–Crippen LogP) is 3.69. The van der Waals surface area contributed by atoms with Crippen LogP contribution in [0.2, 0.25) is 0 Å². The van der Waals surface area contributed by atoms with Gasteiger partial charge in [-0.05, 0) is 30.7 Å². The van der Waals surface area contributed by atoms with E-state index in [2.05, 4.69) is 46.9 Å². The van der Waals surface area contributed by atoms with Gasteiger partial charge >= 0.3 is 0 Å². The molecule has 3 atom stereocenters. The van der Waals surface area contributed by atoms with E-state index in [0.29, 0.717) is 6.04 Å². The standard InChI is InChI=1S/C13H29N/c1-7-11(4)8-12(5)13(6)9-14-10(2)3/h10-14H,7-9H2,1-6H3. The number of hydrogen-bond donors (Lipinski definition) is 1. The lowest BCUT2D eigenvalue weighted by Gasteiger charge is -2.24. The minimum absolute atomic E-state index is 0.619. The maximum atomic E-state index is 3.52. The van der Waals surface area contributed by atoms with Crippen LogP contribution in [0.5, 0.6) is 0 Å². The van der Waals surface area contributed by atoms with Crippen molar-refractivity contribution in [1.82, 2.24) is 5.32 Å². The molecule has 0 aromatic rings. The van der Waals surface area contributed by atoms with E-state index in [-0.39, 0.29) is 0 Å². The van der Waals surface area contributed by atoms with Crippen molar-refractivity contribution in [2.45, 2.75) is 60.4 Å². The van der Waals surface area contributed by atoms with Crippen LogP contribution in [0, 0.1) is 17.8 Å². The second-order valence-electron chi connectivity index (χ2n) is 5.27. The van der Waals surface area contributed by atoms with Crippen LogP contribution in [0.3, 0.4) is 0 Å². The fourth-order valence-corrected chi connectivity index (χ4v) is 1.66. The third-order valence-electron chi connectivity index (χ3n) is 3.29. The molecule has 86 valence electrons. The Kier molecular flexibility index (Phi) is 7.26. The quantitative estimate of drug-likeness (QED) is 0.659. The largest absolute Gasteiger partial charge is 0.314 e. The molecule has 3 unspecified atom stereocenters. The molecule has 0 amide bonds. The fraction of sp³-hybridized carbons (Fsp3) is 1.00. The zero-order valence-electron chi connectivity index (χ0n) is 10.9. The molecule has 1 nitrogen and oxygen atoms in total. The van der Waals surface area contributed by atoms with Crippen LogP contribution < -0.4 is 5.32 Å². The maximum Gasteiger partial charge on any atom is 0.00104 e. The van der Waals surface area contributed by atoms with Crippen molar-refractivity contribution < 1.29 is 0 Å². The minimum atomic E-state index is 0.619. The van der Waals surface area contributed by atoms with Gasteiger partial charge in [0.05, 0.1) is 0 Å². The summed E-state index contributed by atoms with van der Waals surface area (Å²) in [4.78, 5) is 0. The summed E-state index contributed by atoms with van der Waals surface area (Å²) in [5.41, 5.74) is 0. The van der Waals surface area contributed by atoms with Gasteiger partial charge in [-0.2, -0.15) is 0 Å². The van der Waals surface area contributed by atoms with E-state index in [1.807, 2.05) is 0 Å². The second kappa shape index (κ2) is 7.28. The SMILES string of the molecule is CCC(C)CC(C)C(C)CNC(C)C. The highest BCUT2D eigenvalue weighted by atomic mass is 14.9. The van der Waals surface area contributed by atoms with Gasteiger partial charge in [-0.3, -0.25) is 0 Å². The van der Waals surface area contributed by atoms with Crippen molar-refractivity contribution in [3.8, 4) is 0 Å². The summed E-state index contributed by atoms with van der Waals surface area (Å²) in [7, 11) is 0. The second-order valence-corrected chi connectivity index (χ2v) is 5.27. The summed E-state index contributed by atoms with van der Waals surface area (Å²) < 4.78 is 0. The van der Waals surface area contributed by atoms with Gasteiger partial charge in [0.25, 0.3) is 0 Å². The van der Waals surface area contributed by atoms with Crippen molar-refractivity contribution in [3.63, 3.8) is 0 Å². The molecule has 14 heavy (non-hydrogen) atoms. The van der Waals surface area contributed by atoms with Gasteiger partial charge in [-0.15, -0.1) is 0 Å². The molecule has 0 rings (SSSR count). The Morgan fingerprint density at radius 1 is 0.929 bits per heavy atom. The molecule has 0 saturated heterocycles. The van der Waals surface area contributed by atoms with Crippen LogP contribution in [0.25, 0.3) is 0 Å². The Morgan fingerprint density at radius 3 is 1.93 bits per heavy atom. The van der Waals surface area contributed by atoms with Crippen LogP contribution in [0.15, 0.2) is 0 Å². The van der Waals surface area contributed by atoms with Crippen LogP contribution in [-0.2, 0) is 0 Å². The Hall–Kier alpha value is -0.0400. The molecule has 0 saturated carbocycles. The normalized spacial score (nSPS) is 18.2. The fourth-order valence-electron chi connectivity index (χ4n) is 1.66. The van der Waals surface area contributed by atoms with Crippen LogP contribution in [0.1, 0.15) is 54.4 Å². The highest BCUT2D eigenvalue weighted by Gasteiger charge is 2.14. The van der Waals surface area contributed by atoms with E-state index in [0.717, 1.165) is 24.3 Å².